The highest BCUT2D eigenvalue weighted by molar-refractivity contribution is 5.94. The van der Waals surface area contributed by atoms with E-state index in [-0.39, 0.29) is 12.5 Å². The Hall–Kier alpha value is -2.08. The van der Waals surface area contributed by atoms with E-state index in [0.717, 1.165) is 32.7 Å². The minimum Gasteiger partial charge on any atom is -0.484 e. The molecule has 0 unspecified atom stereocenters. The molecule has 0 aliphatic carbocycles. The molecule has 2 amide bonds. The van der Waals surface area contributed by atoms with Crippen LogP contribution in [0.25, 0.3) is 0 Å². The van der Waals surface area contributed by atoms with Gasteiger partial charge < -0.3 is 20.3 Å². The maximum Gasteiger partial charge on any atom is 0.255 e. The van der Waals surface area contributed by atoms with E-state index >= 15 is 0 Å². The summed E-state index contributed by atoms with van der Waals surface area (Å²) in [5.74, 6) is 0.0392. The van der Waals surface area contributed by atoms with Crippen LogP contribution in [0.15, 0.2) is 24.3 Å². The van der Waals surface area contributed by atoms with Crippen LogP contribution in [-0.2, 0) is 4.79 Å². The summed E-state index contributed by atoms with van der Waals surface area (Å²) in [5, 5.41) is 0. The minimum atomic E-state index is -0.524. The van der Waals surface area contributed by atoms with E-state index in [4.69, 9.17) is 10.5 Å². The lowest BCUT2D eigenvalue weighted by molar-refractivity contribution is -0.119. The zero-order chi connectivity index (χ0) is 15.2. The van der Waals surface area contributed by atoms with Crippen LogP contribution in [0.4, 0.5) is 0 Å². The van der Waals surface area contributed by atoms with Crippen LogP contribution in [0.3, 0.4) is 0 Å². The number of rotatable bonds is 5. The lowest BCUT2D eigenvalue weighted by Gasteiger charge is -2.34. The molecule has 2 N–H and O–H groups in total. The van der Waals surface area contributed by atoms with Crippen LogP contribution in [-0.4, -0.2) is 60.9 Å². The Morgan fingerprint density at radius 3 is 2.29 bits per heavy atom. The van der Waals surface area contributed by atoms with Crippen molar-refractivity contribution in [1.82, 2.24) is 9.80 Å². The molecule has 1 aromatic rings. The van der Waals surface area contributed by atoms with Gasteiger partial charge >= 0.3 is 0 Å². The average molecular weight is 291 g/mol. The number of hydrogen-bond acceptors (Lipinski definition) is 4. The highest BCUT2D eigenvalue weighted by atomic mass is 16.5. The van der Waals surface area contributed by atoms with Gasteiger partial charge in [0.15, 0.2) is 6.61 Å². The molecule has 1 aliphatic rings. The van der Waals surface area contributed by atoms with Crippen molar-refractivity contribution in [2.24, 2.45) is 5.73 Å². The Labute approximate surface area is 124 Å². The molecule has 0 aromatic heterocycles. The van der Waals surface area contributed by atoms with Gasteiger partial charge in [0.25, 0.3) is 11.8 Å². The highest BCUT2D eigenvalue weighted by Crippen LogP contribution is 2.14. The smallest absolute Gasteiger partial charge is 0.255 e. The fourth-order valence-electron chi connectivity index (χ4n) is 2.30. The molecule has 0 radical (unpaired) electrons. The second-order valence-electron chi connectivity index (χ2n) is 5.01. The molecule has 114 valence electrons. The molecule has 0 spiro atoms. The van der Waals surface area contributed by atoms with E-state index in [9.17, 15) is 9.59 Å². The van der Waals surface area contributed by atoms with Gasteiger partial charge in [-0.05, 0) is 30.8 Å². The SMILES string of the molecule is CCN1CCN(C(=O)c2ccc(OCC(N)=O)cc2)CC1. The Balaban J connectivity index is 1.92. The van der Waals surface area contributed by atoms with Gasteiger partial charge in [-0.15, -0.1) is 0 Å². The zero-order valence-corrected chi connectivity index (χ0v) is 12.2. The number of piperazine rings is 1. The van der Waals surface area contributed by atoms with Gasteiger partial charge in [0.2, 0.25) is 0 Å². The quantitative estimate of drug-likeness (QED) is 0.848. The van der Waals surface area contributed by atoms with Crippen LogP contribution < -0.4 is 10.5 Å². The molecule has 1 aliphatic heterocycles. The van der Waals surface area contributed by atoms with Crippen LogP contribution in [0.5, 0.6) is 5.75 Å². The first-order valence-corrected chi connectivity index (χ1v) is 7.13. The fraction of sp³-hybridized carbons (Fsp3) is 0.467. The largest absolute Gasteiger partial charge is 0.484 e. The Bertz CT molecular complexity index is 493. The summed E-state index contributed by atoms with van der Waals surface area (Å²) in [6, 6.07) is 6.78. The van der Waals surface area contributed by atoms with Gasteiger partial charge in [0.05, 0.1) is 0 Å². The Morgan fingerprint density at radius 1 is 1.14 bits per heavy atom. The lowest BCUT2D eigenvalue weighted by atomic mass is 10.1. The molecule has 1 heterocycles. The third kappa shape index (κ3) is 4.19. The number of ether oxygens (including phenoxy) is 1. The molecule has 0 bridgehead atoms. The summed E-state index contributed by atoms with van der Waals surface area (Å²) in [6.45, 7) is 6.34. The number of carbonyl (C=O) groups is 2. The molecule has 6 heteroatoms. The van der Waals surface area contributed by atoms with Crippen LogP contribution >= 0.6 is 0 Å². The van der Waals surface area contributed by atoms with Gasteiger partial charge in [-0.1, -0.05) is 6.92 Å². The molecule has 1 saturated heterocycles. The van der Waals surface area contributed by atoms with Crippen molar-refractivity contribution in [2.75, 3.05) is 39.3 Å². The van der Waals surface area contributed by atoms with Crippen LogP contribution in [0.1, 0.15) is 17.3 Å². The maximum atomic E-state index is 12.4. The van der Waals surface area contributed by atoms with Crippen LogP contribution in [0, 0.1) is 0 Å². The van der Waals surface area contributed by atoms with Crippen molar-refractivity contribution in [3.05, 3.63) is 29.8 Å². The fourth-order valence-corrected chi connectivity index (χ4v) is 2.30. The number of carbonyl (C=O) groups excluding carboxylic acids is 2. The van der Waals surface area contributed by atoms with Gasteiger partial charge in [0, 0.05) is 31.7 Å². The van der Waals surface area contributed by atoms with Gasteiger partial charge in [-0.25, -0.2) is 0 Å². The molecule has 6 nitrogen and oxygen atoms in total. The monoisotopic (exact) mass is 291 g/mol. The minimum absolute atomic E-state index is 0.0344. The van der Waals surface area contributed by atoms with E-state index in [1.54, 1.807) is 24.3 Å². The van der Waals surface area contributed by atoms with E-state index in [1.165, 1.54) is 0 Å². The molecule has 1 aromatic carbocycles. The van der Waals surface area contributed by atoms with Crippen molar-refractivity contribution in [1.29, 1.82) is 0 Å². The Morgan fingerprint density at radius 2 is 1.76 bits per heavy atom. The number of nitrogens with two attached hydrogens (primary N) is 1. The van der Waals surface area contributed by atoms with Crippen molar-refractivity contribution < 1.29 is 14.3 Å². The predicted molar refractivity (Wildman–Crippen MR) is 79.1 cm³/mol. The second-order valence-corrected chi connectivity index (χ2v) is 5.01. The second kappa shape index (κ2) is 7.08. The van der Waals surface area contributed by atoms with Crippen molar-refractivity contribution in [3.8, 4) is 5.75 Å². The summed E-state index contributed by atoms with van der Waals surface area (Å²) in [7, 11) is 0. The summed E-state index contributed by atoms with van der Waals surface area (Å²) in [4.78, 5) is 27.2. The van der Waals surface area contributed by atoms with Crippen molar-refractivity contribution in [2.45, 2.75) is 6.92 Å². The molecule has 0 atom stereocenters. The summed E-state index contributed by atoms with van der Waals surface area (Å²) >= 11 is 0. The summed E-state index contributed by atoms with van der Waals surface area (Å²) in [6.07, 6.45) is 0. The molecule has 0 saturated carbocycles. The molecular formula is C15H21N3O3. The first-order chi connectivity index (χ1) is 10.1. The van der Waals surface area contributed by atoms with E-state index < -0.39 is 5.91 Å². The maximum absolute atomic E-state index is 12.4. The first kappa shape index (κ1) is 15.3. The number of likely N-dealkylation sites (N-methyl/N-ethyl adjacent to an activating group) is 1. The number of primary amides is 1. The molecule has 2 rings (SSSR count). The van der Waals surface area contributed by atoms with Crippen molar-refractivity contribution in [3.63, 3.8) is 0 Å². The third-order valence-corrected chi connectivity index (χ3v) is 3.59. The lowest BCUT2D eigenvalue weighted by Crippen LogP contribution is -2.48. The summed E-state index contributed by atoms with van der Waals surface area (Å²) in [5.41, 5.74) is 5.64. The van der Waals surface area contributed by atoms with Gasteiger partial charge in [-0.2, -0.15) is 0 Å². The van der Waals surface area contributed by atoms with Crippen molar-refractivity contribution >= 4 is 11.8 Å². The van der Waals surface area contributed by atoms with Gasteiger partial charge in [-0.3, -0.25) is 9.59 Å². The summed E-state index contributed by atoms with van der Waals surface area (Å²) < 4.78 is 5.17. The molecular weight excluding hydrogens is 270 g/mol. The number of hydrogen-bond donors (Lipinski definition) is 1. The normalized spacial score (nSPS) is 15.8. The zero-order valence-electron chi connectivity index (χ0n) is 12.2. The molecule has 21 heavy (non-hydrogen) atoms. The molecule has 1 fully saturated rings. The van der Waals surface area contributed by atoms with Crippen LogP contribution in [0.2, 0.25) is 0 Å². The van der Waals surface area contributed by atoms with Gasteiger partial charge in [0.1, 0.15) is 5.75 Å². The number of benzene rings is 1. The number of nitrogens with zero attached hydrogens (tertiary/aromatic N) is 2. The standard InChI is InChI=1S/C15H21N3O3/c1-2-17-7-9-18(10-8-17)15(20)12-3-5-13(6-4-12)21-11-14(16)19/h3-6H,2,7-11H2,1H3,(H2,16,19). The highest BCUT2D eigenvalue weighted by Gasteiger charge is 2.21. The topological polar surface area (TPSA) is 75.9 Å². The average Bonchev–Trinajstić information content (AvgIpc) is 2.53. The Kier molecular flexibility index (Phi) is 5.16. The first-order valence-electron chi connectivity index (χ1n) is 7.13. The van der Waals surface area contributed by atoms with E-state index in [2.05, 4.69) is 11.8 Å². The van der Waals surface area contributed by atoms with E-state index in [0.29, 0.717) is 11.3 Å². The number of amides is 2. The van der Waals surface area contributed by atoms with E-state index in [1.807, 2.05) is 4.90 Å². The predicted octanol–water partition coefficient (Wildman–Crippen LogP) is 0.328. The third-order valence-electron chi connectivity index (χ3n) is 3.59.